The fourth-order valence-corrected chi connectivity index (χ4v) is 3.35. The van der Waals surface area contributed by atoms with Crippen LogP contribution in [0.1, 0.15) is 23.3 Å². The first-order valence-corrected chi connectivity index (χ1v) is 7.66. The molecule has 8 heteroatoms. The van der Waals surface area contributed by atoms with Crippen molar-refractivity contribution in [2.75, 3.05) is 24.6 Å². The average Bonchev–Trinajstić information content (AvgIpc) is 2.49. The van der Waals surface area contributed by atoms with Gasteiger partial charge in [-0.2, -0.15) is 0 Å². The zero-order valence-electron chi connectivity index (χ0n) is 13.0. The van der Waals surface area contributed by atoms with Crippen molar-refractivity contribution >= 4 is 22.6 Å². The van der Waals surface area contributed by atoms with Crippen molar-refractivity contribution in [2.24, 2.45) is 5.73 Å². The van der Waals surface area contributed by atoms with Gasteiger partial charge in [-0.15, -0.1) is 0 Å². The second-order valence-electron chi connectivity index (χ2n) is 6.34. The Bertz CT molecular complexity index is 933. The van der Waals surface area contributed by atoms with E-state index in [1.165, 1.54) is 6.20 Å². The molecular weight excluding hydrogens is 317 g/mol. The Morgan fingerprint density at radius 2 is 2.17 bits per heavy atom. The van der Waals surface area contributed by atoms with Crippen LogP contribution in [0.5, 0.6) is 5.75 Å². The minimum absolute atomic E-state index is 0.0162. The molecule has 3 N–H and O–H groups in total. The first-order chi connectivity index (χ1) is 11.4. The first-order valence-electron chi connectivity index (χ1n) is 7.66. The van der Waals surface area contributed by atoms with Gasteiger partial charge >= 0.3 is 5.97 Å². The highest BCUT2D eigenvalue weighted by atomic mass is 19.1. The number of nitrogens with two attached hydrogens (primary N) is 1. The fourth-order valence-electron chi connectivity index (χ4n) is 3.35. The second kappa shape index (κ2) is 4.94. The van der Waals surface area contributed by atoms with Gasteiger partial charge in [-0.05, 0) is 13.0 Å². The number of nitrogens with zero attached hydrogens (tertiary/aromatic N) is 2. The number of anilines is 1. The Hall–Kier alpha value is -2.61. The van der Waals surface area contributed by atoms with Crippen LogP contribution in [0.25, 0.3) is 10.9 Å². The van der Waals surface area contributed by atoms with Crippen molar-refractivity contribution in [1.82, 2.24) is 4.57 Å². The molecular formula is C16H16FN3O4. The van der Waals surface area contributed by atoms with Crippen molar-refractivity contribution in [3.8, 4) is 5.75 Å². The van der Waals surface area contributed by atoms with Crippen LogP contribution in [0.4, 0.5) is 10.1 Å². The summed E-state index contributed by atoms with van der Waals surface area (Å²) in [6.45, 7) is 3.12. The number of hydrogen-bond donors (Lipinski definition) is 2. The first kappa shape index (κ1) is 14.9. The topological polar surface area (TPSA) is 97.8 Å². The van der Waals surface area contributed by atoms with Crippen LogP contribution in [0.2, 0.25) is 0 Å². The number of carboxylic acids is 1. The highest BCUT2D eigenvalue weighted by molar-refractivity contribution is 5.97. The summed E-state index contributed by atoms with van der Waals surface area (Å²) in [6, 6.07) is 0.909. The van der Waals surface area contributed by atoms with Gasteiger partial charge in [0.25, 0.3) is 0 Å². The van der Waals surface area contributed by atoms with E-state index in [9.17, 15) is 19.1 Å². The largest absolute Gasteiger partial charge is 0.487 e. The second-order valence-corrected chi connectivity index (χ2v) is 6.34. The van der Waals surface area contributed by atoms with Gasteiger partial charge < -0.3 is 25.0 Å². The van der Waals surface area contributed by atoms with Crippen LogP contribution in [-0.2, 0) is 0 Å². The molecule has 3 heterocycles. The van der Waals surface area contributed by atoms with Crippen molar-refractivity contribution in [2.45, 2.75) is 19.0 Å². The number of carbonyl (C=O) groups is 1. The molecule has 0 spiro atoms. The summed E-state index contributed by atoms with van der Waals surface area (Å²) >= 11 is 0. The number of pyridine rings is 1. The van der Waals surface area contributed by atoms with Gasteiger partial charge in [-0.3, -0.25) is 4.79 Å². The number of halogens is 1. The molecule has 24 heavy (non-hydrogen) atoms. The van der Waals surface area contributed by atoms with Gasteiger partial charge in [0.05, 0.1) is 16.9 Å². The lowest BCUT2D eigenvalue weighted by Gasteiger charge is -2.41. The van der Waals surface area contributed by atoms with Crippen molar-refractivity contribution in [3.05, 3.63) is 33.9 Å². The molecule has 0 radical (unpaired) electrons. The van der Waals surface area contributed by atoms with E-state index >= 15 is 0 Å². The Kier molecular flexibility index (Phi) is 3.08. The third kappa shape index (κ3) is 1.92. The Labute approximate surface area is 136 Å². The smallest absolute Gasteiger partial charge is 0.341 e. The molecule has 1 aromatic heterocycles. The lowest BCUT2D eigenvalue weighted by Crippen LogP contribution is -2.56. The van der Waals surface area contributed by atoms with Gasteiger partial charge in [0, 0.05) is 25.3 Å². The molecule has 2 aliphatic rings. The van der Waals surface area contributed by atoms with Crippen molar-refractivity contribution in [3.63, 3.8) is 0 Å². The number of benzene rings is 1. The molecule has 0 unspecified atom stereocenters. The molecule has 2 aliphatic heterocycles. The van der Waals surface area contributed by atoms with Crippen LogP contribution >= 0.6 is 0 Å². The maximum absolute atomic E-state index is 14.7. The van der Waals surface area contributed by atoms with Crippen molar-refractivity contribution < 1.29 is 19.0 Å². The van der Waals surface area contributed by atoms with Crippen LogP contribution in [0.3, 0.4) is 0 Å². The maximum atomic E-state index is 14.7. The number of aromatic carboxylic acids is 1. The summed E-state index contributed by atoms with van der Waals surface area (Å²) in [4.78, 5) is 25.5. The average molecular weight is 333 g/mol. The van der Waals surface area contributed by atoms with Gasteiger partial charge in [0.2, 0.25) is 5.43 Å². The lowest BCUT2D eigenvalue weighted by atomic mass is 10.0. The van der Waals surface area contributed by atoms with E-state index in [-0.39, 0.29) is 41.1 Å². The van der Waals surface area contributed by atoms with E-state index in [1.807, 2.05) is 6.92 Å². The Balaban J connectivity index is 2.08. The molecule has 0 bridgehead atoms. The van der Waals surface area contributed by atoms with Gasteiger partial charge in [-0.1, -0.05) is 0 Å². The normalized spacial score (nSPS) is 20.0. The molecule has 1 saturated heterocycles. The summed E-state index contributed by atoms with van der Waals surface area (Å²) in [5.41, 5.74) is 5.41. The van der Waals surface area contributed by atoms with E-state index in [1.54, 1.807) is 9.47 Å². The zero-order valence-corrected chi connectivity index (χ0v) is 13.0. The van der Waals surface area contributed by atoms with Crippen LogP contribution in [-0.4, -0.2) is 41.4 Å². The zero-order chi connectivity index (χ0) is 17.2. The summed E-state index contributed by atoms with van der Waals surface area (Å²) in [5, 5.41) is 9.26. The Morgan fingerprint density at radius 3 is 2.79 bits per heavy atom. The number of rotatable bonds is 2. The molecule has 2 aromatic rings. The van der Waals surface area contributed by atoms with Gasteiger partial charge in [0.1, 0.15) is 17.9 Å². The molecule has 1 atom stereocenters. The van der Waals surface area contributed by atoms with Gasteiger partial charge in [0.15, 0.2) is 11.6 Å². The van der Waals surface area contributed by atoms with E-state index in [4.69, 9.17) is 10.5 Å². The SMILES string of the molecule is C[C@@H]1COc2c(N3CC(N)C3)c(F)cc3c(=O)c(C(=O)O)cn1c23. The van der Waals surface area contributed by atoms with E-state index in [0.29, 0.717) is 18.6 Å². The molecule has 0 aliphatic carbocycles. The van der Waals surface area contributed by atoms with Crippen LogP contribution in [0, 0.1) is 5.82 Å². The summed E-state index contributed by atoms with van der Waals surface area (Å²) in [5.74, 6) is -1.65. The molecule has 126 valence electrons. The summed E-state index contributed by atoms with van der Waals surface area (Å²) < 4.78 is 22.1. The third-order valence-electron chi connectivity index (χ3n) is 4.60. The van der Waals surface area contributed by atoms with E-state index in [0.717, 1.165) is 6.07 Å². The molecule has 0 amide bonds. The Morgan fingerprint density at radius 1 is 1.46 bits per heavy atom. The number of carboxylic acid groups (broad SMARTS) is 1. The highest BCUT2D eigenvalue weighted by Crippen LogP contribution is 2.42. The van der Waals surface area contributed by atoms with Crippen LogP contribution < -0.4 is 20.8 Å². The minimum atomic E-state index is -1.33. The summed E-state index contributed by atoms with van der Waals surface area (Å²) in [7, 11) is 0. The molecule has 1 fully saturated rings. The standard InChI is InChI=1S/C16H16FN3O4/c1-7-6-24-15-12-9(14(21)10(16(22)23)5-20(7)12)2-11(17)13(15)19-3-8(18)4-19/h2,5,7-8H,3-4,6,18H2,1H3,(H,22,23)/t7-/m1/s1. The number of ether oxygens (including phenoxy) is 1. The molecule has 1 aromatic carbocycles. The monoisotopic (exact) mass is 333 g/mol. The third-order valence-corrected chi connectivity index (χ3v) is 4.60. The number of aromatic nitrogens is 1. The predicted molar refractivity (Wildman–Crippen MR) is 85.5 cm³/mol. The minimum Gasteiger partial charge on any atom is -0.487 e. The highest BCUT2D eigenvalue weighted by Gasteiger charge is 2.33. The fraction of sp³-hybridized carbons (Fsp3) is 0.375. The van der Waals surface area contributed by atoms with Gasteiger partial charge in [-0.25, -0.2) is 9.18 Å². The predicted octanol–water partition coefficient (Wildman–Crippen LogP) is 0.940. The summed E-state index contributed by atoms with van der Waals surface area (Å²) in [6.07, 6.45) is 1.31. The molecule has 7 nitrogen and oxygen atoms in total. The quantitative estimate of drug-likeness (QED) is 0.849. The maximum Gasteiger partial charge on any atom is 0.341 e. The van der Waals surface area contributed by atoms with Crippen LogP contribution in [0.15, 0.2) is 17.1 Å². The molecule has 4 rings (SSSR count). The van der Waals surface area contributed by atoms with E-state index in [2.05, 4.69) is 0 Å². The van der Waals surface area contributed by atoms with Crippen molar-refractivity contribution in [1.29, 1.82) is 0 Å². The number of hydrogen-bond acceptors (Lipinski definition) is 5. The molecule has 0 saturated carbocycles. The van der Waals surface area contributed by atoms with E-state index < -0.39 is 17.2 Å². The lowest BCUT2D eigenvalue weighted by molar-refractivity contribution is 0.0694.